The lowest BCUT2D eigenvalue weighted by Gasteiger charge is -2.31. The lowest BCUT2D eigenvalue weighted by molar-refractivity contribution is -0.139. The highest BCUT2D eigenvalue weighted by molar-refractivity contribution is 5.85. The smallest absolute Gasteiger partial charge is 0.273 e. The van der Waals surface area contributed by atoms with E-state index in [0.29, 0.717) is 17.0 Å². The van der Waals surface area contributed by atoms with Crippen molar-refractivity contribution in [1.29, 1.82) is 0 Å². The monoisotopic (exact) mass is 425 g/mol. The van der Waals surface area contributed by atoms with E-state index in [1.807, 2.05) is 6.92 Å². The molecule has 0 saturated heterocycles. The highest BCUT2D eigenvalue weighted by Crippen LogP contribution is 2.50. The number of anilines is 1. The number of hydrogen-bond acceptors (Lipinski definition) is 9. The highest BCUT2D eigenvalue weighted by Gasteiger charge is 2.59. The average molecular weight is 425 g/mol. The van der Waals surface area contributed by atoms with Crippen molar-refractivity contribution in [1.82, 2.24) is 29.8 Å². The van der Waals surface area contributed by atoms with Crippen molar-refractivity contribution >= 4 is 22.9 Å². The Labute approximate surface area is 177 Å². The minimum Gasteiger partial charge on any atom is -0.439 e. The molecule has 4 rings (SSSR count). The summed E-state index contributed by atoms with van der Waals surface area (Å²) in [4.78, 5) is 29.8. The van der Waals surface area contributed by atoms with Crippen LogP contribution in [0.4, 0.5) is 5.82 Å². The summed E-state index contributed by atoms with van der Waals surface area (Å²) >= 11 is 0. The fraction of sp³-hybridized carbons (Fsp3) is 0.450. The molecule has 0 aromatic carbocycles. The second kappa shape index (κ2) is 7.64. The summed E-state index contributed by atoms with van der Waals surface area (Å²) in [7, 11) is 3.20. The average Bonchev–Trinajstić information content (AvgIpc) is 3.48. The summed E-state index contributed by atoms with van der Waals surface area (Å²) in [6, 6.07) is -0.644. The van der Waals surface area contributed by atoms with Crippen LogP contribution in [0.1, 0.15) is 31.6 Å². The Morgan fingerprint density at radius 1 is 1.26 bits per heavy atom. The number of carbonyl (C=O) groups excluding carboxylic acids is 1. The van der Waals surface area contributed by atoms with E-state index in [2.05, 4.69) is 42.4 Å². The molecule has 1 saturated carbocycles. The van der Waals surface area contributed by atoms with Crippen molar-refractivity contribution in [2.24, 2.45) is 11.3 Å². The fourth-order valence-corrected chi connectivity index (χ4v) is 4.24. The maximum atomic E-state index is 12.6. The van der Waals surface area contributed by atoms with Crippen LogP contribution >= 0.6 is 0 Å². The predicted molar refractivity (Wildman–Crippen MR) is 110 cm³/mol. The molecule has 0 bridgehead atoms. The maximum absolute atomic E-state index is 12.6. The highest BCUT2D eigenvalue weighted by atomic mass is 16.3. The number of nitrogens with zero attached hydrogens (tertiary/aromatic N) is 5. The van der Waals surface area contributed by atoms with Gasteiger partial charge in [0.15, 0.2) is 17.0 Å². The van der Waals surface area contributed by atoms with Crippen LogP contribution in [0.5, 0.6) is 0 Å². The molecule has 3 heterocycles. The van der Waals surface area contributed by atoms with Crippen LogP contribution in [0.15, 0.2) is 23.2 Å². The van der Waals surface area contributed by atoms with Crippen molar-refractivity contribution in [3.8, 4) is 11.8 Å². The largest absolute Gasteiger partial charge is 0.439 e. The molecular weight excluding hydrogens is 402 g/mol. The number of imidazole rings is 1. The van der Waals surface area contributed by atoms with Crippen LogP contribution in [0, 0.1) is 23.2 Å². The molecule has 1 amide bonds. The molecule has 5 atom stereocenters. The third-order valence-corrected chi connectivity index (χ3v) is 6.16. The third-order valence-electron chi connectivity index (χ3n) is 6.16. The topological polar surface area (TPSA) is 151 Å². The first-order chi connectivity index (χ1) is 14.8. The number of oxazole rings is 1. The molecule has 1 fully saturated rings. The van der Waals surface area contributed by atoms with Crippen LogP contribution in [0.2, 0.25) is 0 Å². The molecule has 31 heavy (non-hydrogen) atoms. The van der Waals surface area contributed by atoms with Gasteiger partial charge in [-0.1, -0.05) is 6.92 Å². The third kappa shape index (κ3) is 3.11. The van der Waals surface area contributed by atoms with Crippen LogP contribution in [0.3, 0.4) is 0 Å². The minimum atomic E-state index is -1.26. The van der Waals surface area contributed by atoms with Crippen molar-refractivity contribution in [2.45, 2.75) is 32.1 Å². The number of carbonyl (C=O) groups is 1. The summed E-state index contributed by atoms with van der Waals surface area (Å²) in [5.74, 6) is 5.67. The van der Waals surface area contributed by atoms with E-state index in [9.17, 15) is 15.0 Å². The van der Waals surface area contributed by atoms with E-state index in [1.54, 1.807) is 18.5 Å². The Balaban J connectivity index is 1.83. The summed E-state index contributed by atoms with van der Waals surface area (Å²) in [6.45, 7) is 3.46. The van der Waals surface area contributed by atoms with E-state index < -0.39 is 29.6 Å². The Morgan fingerprint density at radius 2 is 2.03 bits per heavy atom. The van der Waals surface area contributed by atoms with E-state index in [1.165, 1.54) is 25.8 Å². The van der Waals surface area contributed by atoms with Gasteiger partial charge in [-0.25, -0.2) is 19.9 Å². The van der Waals surface area contributed by atoms with Gasteiger partial charge in [0.05, 0.1) is 30.1 Å². The summed E-state index contributed by atoms with van der Waals surface area (Å²) < 4.78 is 6.78. The van der Waals surface area contributed by atoms with E-state index in [4.69, 9.17) is 4.42 Å². The first-order valence-corrected chi connectivity index (χ1v) is 9.75. The van der Waals surface area contributed by atoms with Gasteiger partial charge in [0.25, 0.3) is 5.89 Å². The summed E-state index contributed by atoms with van der Waals surface area (Å²) in [6.07, 6.45) is 1.96. The van der Waals surface area contributed by atoms with E-state index >= 15 is 0 Å². The van der Waals surface area contributed by atoms with Gasteiger partial charge in [-0.05, 0) is 18.8 Å². The van der Waals surface area contributed by atoms with Crippen molar-refractivity contribution < 1.29 is 19.4 Å². The van der Waals surface area contributed by atoms with Gasteiger partial charge >= 0.3 is 0 Å². The van der Waals surface area contributed by atoms with Gasteiger partial charge in [0, 0.05) is 20.0 Å². The second-order valence-electron chi connectivity index (χ2n) is 7.63. The predicted octanol–water partition coefficient (Wildman–Crippen LogP) is -0.0793. The number of amides is 1. The standard InChI is InChI=1S/C20H23N7O4/c1-10-14(15(28)16(29)20(10,2)19(30)22-4)27-9-24-13-17(21-3)25-11(26-18(13)27)5-6-12-23-7-8-31-12/h7-10,14-16,28-29H,1-4H3,(H,22,30)(H,21,25,26)/t10-,14-,15+,16+,20?/m1/s1. The molecule has 4 N–H and O–H groups in total. The SMILES string of the molecule is CNC(=O)C1(C)[C@H](C)[C@@H](n2cnc3c(NC)nc(C#Cc4ncco4)nc32)[C@H](O)[C@@H]1O. The number of rotatable bonds is 3. The molecule has 11 nitrogen and oxygen atoms in total. The van der Waals surface area contributed by atoms with E-state index in [0.717, 1.165) is 0 Å². The molecule has 1 aliphatic carbocycles. The number of hydrogen-bond donors (Lipinski definition) is 4. The maximum Gasteiger partial charge on any atom is 0.273 e. The van der Waals surface area contributed by atoms with Crippen LogP contribution < -0.4 is 10.6 Å². The lowest BCUT2D eigenvalue weighted by Crippen LogP contribution is -2.47. The van der Waals surface area contributed by atoms with Gasteiger partial charge in [-0.3, -0.25) is 4.79 Å². The molecule has 11 heteroatoms. The van der Waals surface area contributed by atoms with Gasteiger partial charge in [0.2, 0.25) is 11.7 Å². The molecule has 3 aromatic rings. The first-order valence-electron chi connectivity index (χ1n) is 9.75. The number of fused-ring (bicyclic) bond motifs is 1. The Morgan fingerprint density at radius 3 is 2.68 bits per heavy atom. The lowest BCUT2D eigenvalue weighted by atomic mass is 9.77. The Kier molecular flexibility index (Phi) is 5.12. The Hall–Kier alpha value is -3.49. The van der Waals surface area contributed by atoms with Gasteiger partial charge in [-0.15, -0.1) is 0 Å². The molecule has 0 spiro atoms. The quantitative estimate of drug-likeness (QED) is 0.422. The van der Waals surface area contributed by atoms with Crippen molar-refractivity contribution in [3.05, 3.63) is 30.5 Å². The zero-order chi connectivity index (χ0) is 22.3. The number of aliphatic hydroxyl groups is 2. The molecule has 162 valence electrons. The van der Waals surface area contributed by atoms with Crippen LogP contribution in [0.25, 0.3) is 11.2 Å². The molecule has 1 aliphatic rings. The number of nitrogens with one attached hydrogen (secondary N) is 2. The summed E-state index contributed by atoms with van der Waals surface area (Å²) in [5.41, 5.74) is -0.297. The van der Waals surface area contributed by atoms with Crippen LogP contribution in [-0.2, 0) is 4.79 Å². The summed E-state index contributed by atoms with van der Waals surface area (Å²) in [5, 5.41) is 27.2. The zero-order valence-electron chi connectivity index (χ0n) is 17.5. The number of aliphatic hydroxyl groups excluding tert-OH is 2. The van der Waals surface area contributed by atoms with Crippen molar-refractivity contribution in [3.63, 3.8) is 0 Å². The molecule has 0 aliphatic heterocycles. The van der Waals surface area contributed by atoms with Gasteiger partial charge < -0.3 is 29.8 Å². The fourth-order valence-electron chi connectivity index (χ4n) is 4.24. The van der Waals surface area contributed by atoms with Crippen molar-refractivity contribution in [2.75, 3.05) is 19.4 Å². The zero-order valence-corrected chi connectivity index (χ0v) is 17.5. The molecule has 3 aromatic heterocycles. The Bertz CT molecular complexity index is 1180. The minimum absolute atomic E-state index is 0.201. The normalized spacial score (nSPS) is 27.7. The van der Waals surface area contributed by atoms with Gasteiger partial charge in [0.1, 0.15) is 12.4 Å². The van der Waals surface area contributed by atoms with Crippen LogP contribution in [-0.4, -0.2) is 66.9 Å². The van der Waals surface area contributed by atoms with Gasteiger partial charge in [-0.2, -0.15) is 0 Å². The first kappa shape index (κ1) is 20.8. The van der Waals surface area contributed by atoms with E-state index in [-0.39, 0.29) is 17.6 Å². The molecule has 1 unspecified atom stereocenters. The second-order valence-corrected chi connectivity index (χ2v) is 7.63. The molecular formula is C20H23N7O4. The number of aromatic nitrogens is 5. The molecule has 0 radical (unpaired) electrons.